The third-order valence-corrected chi connectivity index (χ3v) is 3.54. The van der Waals surface area contributed by atoms with Gasteiger partial charge in [0.1, 0.15) is 23.5 Å². The Bertz CT molecular complexity index is 628. The van der Waals surface area contributed by atoms with Crippen LogP contribution in [-0.4, -0.2) is 53.2 Å². The number of aliphatic hydroxyl groups is 3. The zero-order chi connectivity index (χ0) is 13.7. The molecule has 0 spiro atoms. The predicted octanol–water partition coefficient (Wildman–Crippen LogP) is -1.26. The highest BCUT2D eigenvalue weighted by atomic mass is 16.4. The van der Waals surface area contributed by atoms with Crippen molar-refractivity contribution in [2.24, 2.45) is 0 Å². The Labute approximate surface area is 108 Å². The maximum absolute atomic E-state index is 9.96. The smallest absolute Gasteiger partial charge is 0.166 e. The monoisotopic (exact) mass is 265 g/mol. The van der Waals surface area contributed by atoms with E-state index in [0.29, 0.717) is 17.0 Å². The van der Waals surface area contributed by atoms with Crippen molar-refractivity contribution in [3.8, 4) is 0 Å². The molecule has 0 amide bonds. The number of rotatable bonds is 1. The number of nitrogen functional groups attached to an aromatic ring is 1. The number of fused-ring (bicyclic) bond motifs is 1. The first-order valence-electron chi connectivity index (χ1n) is 6.00. The van der Waals surface area contributed by atoms with Gasteiger partial charge in [-0.15, -0.1) is 0 Å². The van der Waals surface area contributed by atoms with Crippen LogP contribution in [0.25, 0.3) is 11.2 Å². The summed E-state index contributed by atoms with van der Waals surface area (Å²) < 4.78 is 1.63. The summed E-state index contributed by atoms with van der Waals surface area (Å²) in [4.78, 5) is 12.4. The van der Waals surface area contributed by atoms with Crippen molar-refractivity contribution in [2.75, 3.05) is 5.73 Å². The van der Waals surface area contributed by atoms with Crippen LogP contribution in [0.2, 0.25) is 0 Å². The molecule has 2 aromatic rings. The van der Waals surface area contributed by atoms with E-state index in [1.165, 1.54) is 6.33 Å². The van der Waals surface area contributed by atoms with E-state index >= 15 is 0 Å². The predicted molar refractivity (Wildman–Crippen MR) is 66.1 cm³/mol. The number of aryl methyl sites for hydroxylation is 1. The zero-order valence-electron chi connectivity index (χ0n) is 10.3. The van der Waals surface area contributed by atoms with Gasteiger partial charge in [-0.3, -0.25) is 0 Å². The van der Waals surface area contributed by atoms with Crippen molar-refractivity contribution >= 4 is 17.0 Å². The first-order valence-corrected chi connectivity index (χ1v) is 6.00. The maximum atomic E-state index is 9.96. The molecular weight excluding hydrogens is 250 g/mol. The van der Waals surface area contributed by atoms with Crippen LogP contribution >= 0.6 is 0 Å². The molecule has 0 unspecified atom stereocenters. The van der Waals surface area contributed by atoms with Gasteiger partial charge in [-0.25, -0.2) is 15.0 Å². The lowest BCUT2D eigenvalue weighted by atomic mass is 10.2. The first-order chi connectivity index (χ1) is 8.99. The van der Waals surface area contributed by atoms with Crippen LogP contribution in [0.3, 0.4) is 0 Å². The van der Waals surface area contributed by atoms with Crippen molar-refractivity contribution in [3.05, 3.63) is 12.2 Å². The summed E-state index contributed by atoms with van der Waals surface area (Å²) >= 11 is 0. The fourth-order valence-electron chi connectivity index (χ4n) is 2.55. The van der Waals surface area contributed by atoms with Crippen molar-refractivity contribution in [2.45, 2.75) is 37.7 Å². The van der Waals surface area contributed by atoms with Crippen LogP contribution in [0, 0.1) is 6.92 Å². The summed E-state index contributed by atoms with van der Waals surface area (Å²) in [5.41, 5.74) is 6.72. The van der Waals surface area contributed by atoms with Crippen LogP contribution in [0.1, 0.15) is 18.3 Å². The highest BCUT2D eigenvalue weighted by Gasteiger charge is 2.42. The Hall–Kier alpha value is -1.77. The largest absolute Gasteiger partial charge is 0.390 e. The average Bonchev–Trinajstić information content (AvgIpc) is 2.86. The molecule has 102 valence electrons. The van der Waals surface area contributed by atoms with Gasteiger partial charge < -0.3 is 25.6 Å². The van der Waals surface area contributed by atoms with E-state index in [2.05, 4.69) is 15.0 Å². The maximum Gasteiger partial charge on any atom is 0.166 e. The molecule has 4 atom stereocenters. The van der Waals surface area contributed by atoms with Gasteiger partial charge in [0.25, 0.3) is 0 Å². The van der Waals surface area contributed by atoms with Crippen molar-refractivity contribution in [1.82, 2.24) is 19.5 Å². The Morgan fingerprint density at radius 3 is 2.63 bits per heavy atom. The van der Waals surface area contributed by atoms with Gasteiger partial charge in [0, 0.05) is 0 Å². The number of hydrogen-bond donors (Lipinski definition) is 4. The van der Waals surface area contributed by atoms with E-state index in [-0.39, 0.29) is 12.2 Å². The zero-order valence-corrected chi connectivity index (χ0v) is 10.3. The van der Waals surface area contributed by atoms with E-state index in [1.807, 2.05) is 0 Å². The summed E-state index contributed by atoms with van der Waals surface area (Å²) in [5, 5.41) is 29.2. The lowest BCUT2D eigenvalue weighted by Gasteiger charge is -2.17. The molecule has 0 radical (unpaired) electrons. The molecule has 8 heteroatoms. The number of nitrogens with two attached hydrogens (primary N) is 1. The van der Waals surface area contributed by atoms with Crippen LogP contribution in [0.4, 0.5) is 5.82 Å². The summed E-state index contributed by atoms with van der Waals surface area (Å²) in [6.07, 6.45) is -1.46. The van der Waals surface area contributed by atoms with E-state index in [9.17, 15) is 15.3 Å². The van der Waals surface area contributed by atoms with Gasteiger partial charge in [0.2, 0.25) is 0 Å². The Morgan fingerprint density at radius 2 is 2.00 bits per heavy atom. The van der Waals surface area contributed by atoms with E-state index in [4.69, 9.17) is 5.73 Å². The van der Waals surface area contributed by atoms with Gasteiger partial charge in [0.15, 0.2) is 11.5 Å². The molecule has 1 saturated carbocycles. The number of aromatic nitrogens is 4. The Kier molecular flexibility index (Phi) is 2.66. The lowest BCUT2D eigenvalue weighted by molar-refractivity contribution is -0.0244. The van der Waals surface area contributed by atoms with Crippen LogP contribution in [0.5, 0.6) is 0 Å². The minimum Gasteiger partial charge on any atom is -0.390 e. The van der Waals surface area contributed by atoms with Crippen molar-refractivity contribution in [1.29, 1.82) is 0 Å². The lowest BCUT2D eigenvalue weighted by Crippen LogP contribution is -2.31. The Morgan fingerprint density at radius 1 is 1.26 bits per heavy atom. The van der Waals surface area contributed by atoms with Gasteiger partial charge in [-0.1, -0.05) is 0 Å². The first kappa shape index (κ1) is 12.3. The van der Waals surface area contributed by atoms with Crippen LogP contribution < -0.4 is 5.73 Å². The third-order valence-electron chi connectivity index (χ3n) is 3.54. The molecule has 1 fully saturated rings. The van der Waals surface area contributed by atoms with Crippen molar-refractivity contribution in [3.63, 3.8) is 0 Å². The van der Waals surface area contributed by atoms with Gasteiger partial charge in [0.05, 0.1) is 18.5 Å². The van der Waals surface area contributed by atoms with Gasteiger partial charge in [-0.05, 0) is 13.3 Å². The normalized spacial score (nSPS) is 31.2. The van der Waals surface area contributed by atoms with E-state index in [0.717, 1.165) is 0 Å². The van der Waals surface area contributed by atoms with E-state index in [1.54, 1.807) is 11.5 Å². The molecule has 8 nitrogen and oxygen atoms in total. The molecule has 3 rings (SSSR count). The molecule has 0 saturated heterocycles. The minimum absolute atomic E-state index is 0.233. The quantitative estimate of drug-likeness (QED) is 0.506. The standard InChI is InChI=1S/C11H15N5O3/c1-4-14-10(12)7-11(15-4)16(3-13-7)5-2-6(17)9(19)8(5)18/h3,5-6,8-9,17-19H,2H2,1H3,(H2,12,14,15)/t5-,6+,8+,9-/m1/s1. The number of nitrogens with zero attached hydrogens (tertiary/aromatic N) is 4. The topological polar surface area (TPSA) is 130 Å². The molecule has 19 heavy (non-hydrogen) atoms. The number of imidazole rings is 1. The van der Waals surface area contributed by atoms with Gasteiger partial charge >= 0.3 is 0 Å². The average molecular weight is 265 g/mol. The molecule has 2 aromatic heterocycles. The summed E-state index contributed by atoms with van der Waals surface area (Å²) in [7, 11) is 0. The second-order valence-electron chi connectivity index (χ2n) is 4.83. The molecule has 0 aliphatic heterocycles. The second kappa shape index (κ2) is 4.12. The molecule has 2 heterocycles. The van der Waals surface area contributed by atoms with Crippen molar-refractivity contribution < 1.29 is 15.3 Å². The highest BCUT2D eigenvalue weighted by Crippen LogP contribution is 2.33. The van der Waals surface area contributed by atoms with E-state index < -0.39 is 24.4 Å². The molecular formula is C11H15N5O3. The summed E-state index contributed by atoms with van der Waals surface area (Å²) in [5.74, 6) is 0.773. The summed E-state index contributed by atoms with van der Waals surface area (Å²) in [6, 6.07) is -0.483. The Balaban J connectivity index is 2.11. The fourth-order valence-corrected chi connectivity index (χ4v) is 2.55. The number of hydrogen-bond acceptors (Lipinski definition) is 7. The molecule has 0 bridgehead atoms. The molecule has 1 aliphatic carbocycles. The second-order valence-corrected chi connectivity index (χ2v) is 4.83. The summed E-state index contributed by atoms with van der Waals surface area (Å²) in [6.45, 7) is 1.71. The number of aliphatic hydroxyl groups excluding tert-OH is 3. The third kappa shape index (κ3) is 1.76. The molecule has 5 N–H and O–H groups in total. The highest BCUT2D eigenvalue weighted by molar-refractivity contribution is 5.81. The number of anilines is 1. The molecule has 0 aromatic carbocycles. The fraction of sp³-hybridized carbons (Fsp3) is 0.545. The molecule has 1 aliphatic rings. The SMILES string of the molecule is Cc1nc(N)c2ncn([C@@H]3C[C@H](O)[C@@H](O)[C@H]3O)c2n1. The van der Waals surface area contributed by atoms with Gasteiger partial charge in [-0.2, -0.15) is 0 Å². The minimum atomic E-state index is -1.16. The van der Waals surface area contributed by atoms with Crippen LogP contribution in [0.15, 0.2) is 6.33 Å². The van der Waals surface area contributed by atoms with Crippen LogP contribution in [-0.2, 0) is 0 Å².